The number of benzene rings is 1. The van der Waals surface area contributed by atoms with Crippen molar-refractivity contribution in [2.24, 2.45) is 5.73 Å². The molecule has 2 heteroatoms. The highest BCUT2D eigenvalue weighted by atomic mass is 16.1. The normalized spacial score (nSPS) is 12.4. The van der Waals surface area contributed by atoms with Gasteiger partial charge in [-0.2, -0.15) is 0 Å². The lowest BCUT2D eigenvalue weighted by molar-refractivity contribution is -0.119. The Morgan fingerprint density at radius 2 is 2.19 bits per heavy atom. The van der Waals surface area contributed by atoms with E-state index in [-0.39, 0.29) is 5.92 Å². The summed E-state index contributed by atoms with van der Waals surface area (Å²) in [6.45, 7) is 4.62. The number of Topliss-reactive ketones (excluding diaryl/α,β-unsaturated/α-hetero) is 1. The molecule has 0 aliphatic rings. The highest BCUT2D eigenvalue weighted by Gasteiger charge is 2.14. The van der Waals surface area contributed by atoms with Crippen molar-refractivity contribution in [2.75, 3.05) is 6.54 Å². The summed E-state index contributed by atoms with van der Waals surface area (Å²) in [5, 5.41) is 0. The molecule has 2 nitrogen and oxygen atoms in total. The van der Waals surface area contributed by atoms with Crippen LogP contribution in [0.15, 0.2) is 24.3 Å². The Morgan fingerprint density at radius 1 is 1.44 bits per heavy atom. The number of hydrogen-bond donors (Lipinski definition) is 1. The standard InChI is InChI=1S/C14H21NO/c1-3-14(16)10-13(7-8-15)12-6-4-5-11(2)9-12/h4-6,9,13H,3,7-8,10,15H2,1-2H3/t13-/m1/s1. The molecule has 0 spiro atoms. The van der Waals surface area contributed by atoms with Gasteiger partial charge in [0.15, 0.2) is 0 Å². The van der Waals surface area contributed by atoms with Gasteiger partial charge in [-0.3, -0.25) is 4.79 Å². The summed E-state index contributed by atoms with van der Waals surface area (Å²) in [7, 11) is 0. The molecular weight excluding hydrogens is 198 g/mol. The van der Waals surface area contributed by atoms with Gasteiger partial charge in [-0.25, -0.2) is 0 Å². The quantitative estimate of drug-likeness (QED) is 0.799. The second kappa shape index (κ2) is 6.44. The highest BCUT2D eigenvalue weighted by Crippen LogP contribution is 2.24. The van der Waals surface area contributed by atoms with Crippen LogP contribution in [0.1, 0.15) is 43.2 Å². The summed E-state index contributed by atoms with van der Waals surface area (Å²) in [6, 6.07) is 8.37. The van der Waals surface area contributed by atoms with Gasteiger partial charge in [0, 0.05) is 12.8 Å². The first-order valence-corrected chi connectivity index (χ1v) is 5.95. The van der Waals surface area contributed by atoms with Crippen molar-refractivity contribution >= 4 is 5.78 Å². The van der Waals surface area contributed by atoms with Gasteiger partial charge in [0.2, 0.25) is 0 Å². The molecule has 0 radical (unpaired) electrons. The molecule has 88 valence electrons. The zero-order valence-corrected chi connectivity index (χ0v) is 10.2. The molecule has 16 heavy (non-hydrogen) atoms. The summed E-state index contributed by atoms with van der Waals surface area (Å²) < 4.78 is 0. The van der Waals surface area contributed by atoms with E-state index in [4.69, 9.17) is 5.73 Å². The summed E-state index contributed by atoms with van der Waals surface area (Å²) in [5.41, 5.74) is 8.09. The Labute approximate surface area is 97.9 Å². The molecule has 0 saturated carbocycles. The van der Waals surface area contributed by atoms with Gasteiger partial charge in [0.1, 0.15) is 5.78 Å². The van der Waals surface area contributed by atoms with E-state index in [2.05, 4.69) is 25.1 Å². The number of carbonyl (C=O) groups excluding carboxylic acids is 1. The molecule has 1 rings (SSSR count). The van der Waals surface area contributed by atoms with Crippen LogP contribution in [0.3, 0.4) is 0 Å². The van der Waals surface area contributed by atoms with Crippen LogP contribution in [-0.2, 0) is 4.79 Å². The minimum Gasteiger partial charge on any atom is -0.330 e. The molecule has 0 aliphatic heterocycles. The maximum atomic E-state index is 11.5. The average molecular weight is 219 g/mol. The highest BCUT2D eigenvalue weighted by molar-refractivity contribution is 5.78. The van der Waals surface area contributed by atoms with Crippen LogP contribution >= 0.6 is 0 Å². The van der Waals surface area contributed by atoms with Crippen LogP contribution in [-0.4, -0.2) is 12.3 Å². The third kappa shape index (κ3) is 3.78. The maximum Gasteiger partial charge on any atom is 0.133 e. The molecule has 0 aliphatic carbocycles. The number of carbonyl (C=O) groups is 1. The van der Waals surface area contributed by atoms with Crippen molar-refractivity contribution in [1.82, 2.24) is 0 Å². The number of rotatable bonds is 6. The maximum absolute atomic E-state index is 11.5. The van der Waals surface area contributed by atoms with Gasteiger partial charge in [-0.15, -0.1) is 0 Å². The van der Waals surface area contributed by atoms with E-state index in [9.17, 15) is 4.79 Å². The molecule has 0 heterocycles. The van der Waals surface area contributed by atoms with Crippen molar-refractivity contribution in [3.63, 3.8) is 0 Å². The number of hydrogen-bond acceptors (Lipinski definition) is 2. The molecule has 0 unspecified atom stereocenters. The van der Waals surface area contributed by atoms with Crippen LogP contribution in [0.4, 0.5) is 0 Å². The number of aryl methyl sites for hydroxylation is 1. The number of nitrogens with two attached hydrogens (primary N) is 1. The van der Waals surface area contributed by atoms with Gasteiger partial charge < -0.3 is 5.73 Å². The van der Waals surface area contributed by atoms with Gasteiger partial charge in [-0.1, -0.05) is 36.8 Å². The molecule has 0 bridgehead atoms. The van der Waals surface area contributed by atoms with E-state index >= 15 is 0 Å². The van der Waals surface area contributed by atoms with E-state index in [1.54, 1.807) is 0 Å². The van der Waals surface area contributed by atoms with Crippen molar-refractivity contribution in [3.05, 3.63) is 35.4 Å². The minimum atomic E-state index is 0.289. The Bertz CT molecular complexity index is 346. The van der Waals surface area contributed by atoms with E-state index in [1.807, 2.05) is 13.0 Å². The molecule has 1 aromatic carbocycles. The molecular formula is C14H21NO. The predicted molar refractivity (Wildman–Crippen MR) is 67.5 cm³/mol. The van der Waals surface area contributed by atoms with E-state index in [1.165, 1.54) is 11.1 Å². The SMILES string of the molecule is CCC(=O)C[C@@H](CCN)c1cccc(C)c1. The van der Waals surface area contributed by atoms with Crippen LogP contribution in [0.25, 0.3) is 0 Å². The lowest BCUT2D eigenvalue weighted by atomic mass is 9.89. The van der Waals surface area contributed by atoms with Crippen molar-refractivity contribution in [1.29, 1.82) is 0 Å². The Balaban J connectivity index is 2.80. The van der Waals surface area contributed by atoms with E-state index < -0.39 is 0 Å². The summed E-state index contributed by atoms with van der Waals surface area (Å²) in [6.07, 6.45) is 2.12. The fraction of sp³-hybridized carbons (Fsp3) is 0.500. The second-order valence-corrected chi connectivity index (χ2v) is 4.28. The Hall–Kier alpha value is -1.15. The van der Waals surface area contributed by atoms with Crippen LogP contribution < -0.4 is 5.73 Å². The Morgan fingerprint density at radius 3 is 2.75 bits per heavy atom. The third-order valence-electron chi connectivity index (χ3n) is 2.90. The second-order valence-electron chi connectivity index (χ2n) is 4.28. The molecule has 1 aromatic rings. The van der Waals surface area contributed by atoms with Crippen molar-refractivity contribution < 1.29 is 4.79 Å². The Kier molecular flexibility index (Phi) is 5.20. The van der Waals surface area contributed by atoms with Crippen molar-refractivity contribution in [3.8, 4) is 0 Å². The molecule has 0 fully saturated rings. The molecule has 0 amide bonds. The molecule has 2 N–H and O–H groups in total. The third-order valence-corrected chi connectivity index (χ3v) is 2.90. The molecule has 0 saturated heterocycles. The predicted octanol–water partition coefficient (Wildman–Crippen LogP) is 2.80. The minimum absolute atomic E-state index is 0.289. The first-order chi connectivity index (χ1) is 7.67. The zero-order chi connectivity index (χ0) is 12.0. The largest absolute Gasteiger partial charge is 0.330 e. The fourth-order valence-electron chi connectivity index (χ4n) is 1.93. The van der Waals surface area contributed by atoms with E-state index in [0.29, 0.717) is 25.2 Å². The topological polar surface area (TPSA) is 43.1 Å². The van der Waals surface area contributed by atoms with Gasteiger partial charge in [-0.05, 0) is 31.4 Å². The van der Waals surface area contributed by atoms with E-state index in [0.717, 1.165) is 6.42 Å². The first-order valence-electron chi connectivity index (χ1n) is 5.95. The van der Waals surface area contributed by atoms with Crippen LogP contribution in [0.5, 0.6) is 0 Å². The van der Waals surface area contributed by atoms with Gasteiger partial charge >= 0.3 is 0 Å². The first kappa shape index (κ1) is 12.9. The smallest absolute Gasteiger partial charge is 0.133 e. The molecule has 0 aromatic heterocycles. The zero-order valence-electron chi connectivity index (χ0n) is 10.2. The summed E-state index contributed by atoms with van der Waals surface area (Å²) in [4.78, 5) is 11.5. The average Bonchev–Trinajstić information content (AvgIpc) is 2.28. The van der Waals surface area contributed by atoms with Crippen LogP contribution in [0.2, 0.25) is 0 Å². The molecule has 1 atom stereocenters. The lowest BCUT2D eigenvalue weighted by Gasteiger charge is -2.16. The van der Waals surface area contributed by atoms with Gasteiger partial charge in [0.25, 0.3) is 0 Å². The summed E-state index contributed by atoms with van der Waals surface area (Å²) >= 11 is 0. The number of ketones is 1. The van der Waals surface area contributed by atoms with Gasteiger partial charge in [0.05, 0.1) is 0 Å². The van der Waals surface area contributed by atoms with Crippen LogP contribution in [0, 0.1) is 6.92 Å². The fourth-order valence-corrected chi connectivity index (χ4v) is 1.93. The van der Waals surface area contributed by atoms with Crippen molar-refractivity contribution in [2.45, 2.75) is 39.0 Å². The summed E-state index contributed by atoms with van der Waals surface area (Å²) in [5.74, 6) is 0.609. The lowest BCUT2D eigenvalue weighted by Crippen LogP contribution is -2.11. The monoisotopic (exact) mass is 219 g/mol.